The highest BCUT2D eigenvalue weighted by molar-refractivity contribution is 5.54. The van der Waals surface area contributed by atoms with Crippen LogP contribution in [0, 0.1) is 11.3 Å². The van der Waals surface area contributed by atoms with Gasteiger partial charge in [-0.05, 0) is 11.2 Å². The molecule has 0 fully saturated rings. The maximum absolute atomic E-state index is 8.78. The molecule has 2 aromatic heterocycles. The van der Waals surface area contributed by atoms with Gasteiger partial charge in [-0.25, -0.2) is 0 Å². The summed E-state index contributed by atoms with van der Waals surface area (Å²) >= 11 is 0. The van der Waals surface area contributed by atoms with Crippen LogP contribution in [0.5, 0.6) is 0 Å². The molecule has 0 atom stereocenters. The maximum atomic E-state index is 8.78. The Bertz CT molecular complexity index is 546. The van der Waals surface area contributed by atoms with E-state index in [0.717, 1.165) is 5.69 Å². The average Bonchev–Trinajstić information content (AvgIpc) is 2.83. The molecule has 6 nitrogen and oxygen atoms in total. The molecule has 0 aliphatic carbocycles. The molecule has 0 radical (unpaired) electrons. The second kappa shape index (κ2) is 3.70. The molecule has 6 heteroatoms. The van der Waals surface area contributed by atoms with E-state index >= 15 is 0 Å². The van der Waals surface area contributed by atoms with E-state index in [9.17, 15) is 0 Å². The number of aromatic nitrogens is 3. The lowest BCUT2D eigenvalue weighted by atomic mass is 10.3. The van der Waals surface area contributed by atoms with Gasteiger partial charge in [0.1, 0.15) is 11.8 Å². The van der Waals surface area contributed by atoms with Gasteiger partial charge in [-0.3, -0.25) is 0 Å². The molecule has 0 aliphatic heterocycles. The minimum absolute atomic E-state index is 0.410. The summed E-state index contributed by atoms with van der Waals surface area (Å²) in [4.78, 5) is 5.96. The molecule has 0 saturated carbocycles. The molecule has 0 N–H and O–H groups in total. The zero-order chi connectivity index (χ0) is 11.7. The Labute approximate surface area is 92.7 Å². The van der Waals surface area contributed by atoms with E-state index in [1.54, 1.807) is 21.7 Å². The van der Waals surface area contributed by atoms with Crippen LogP contribution >= 0.6 is 0 Å². The monoisotopic (exact) mass is 217 g/mol. The van der Waals surface area contributed by atoms with Crippen LogP contribution in [0.1, 0.15) is 5.56 Å². The number of nitriles is 1. The van der Waals surface area contributed by atoms with Crippen molar-refractivity contribution in [2.24, 2.45) is 7.05 Å². The molecule has 0 aromatic carbocycles. The Hall–Kier alpha value is -2.29. The number of hydrogen-bond donors (Lipinski definition) is 0. The number of rotatable bonds is 2. The van der Waals surface area contributed by atoms with Gasteiger partial charge in [-0.1, -0.05) is 0 Å². The zero-order valence-electron chi connectivity index (χ0n) is 9.30. The SMILES string of the molecule is CN(C)c1noc(-c2cc(C#N)cn2C)n1. The molecular weight excluding hydrogens is 206 g/mol. The third-order valence-corrected chi connectivity index (χ3v) is 2.17. The molecule has 0 aliphatic rings. The van der Waals surface area contributed by atoms with Crippen LogP contribution in [-0.4, -0.2) is 28.8 Å². The molecule has 0 amide bonds. The quantitative estimate of drug-likeness (QED) is 0.750. The van der Waals surface area contributed by atoms with Crippen LogP contribution in [0.3, 0.4) is 0 Å². The van der Waals surface area contributed by atoms with Crippen molar-refractivity contribution in [1.82, 2.24) is 14.7 Å². The number of aryl methyl sites for hydroxylation is 1. The third-order valence-electron chi connectivity index (χ3n) is 2.17. The van der Waals surface area contributed by atoms with Crippen molar-refractivity contribution in [1.29, 1.82) is 5.26 Å². The van der Waals surface area contributed by atoms with Crippen molar-refractivity contribution in [3.05, 3.63) is 17.8 Å². The topological polar surface area (TPSA) is 70.9 Å². The zero-order valence-corrected chi connectivity index (χ0v) is 9.30. The van der Waals surface area contributed by atoms with Gasteiger partial charge in [0.05, 0.1) is 5.56 Å². The largest absolute Gasteiger partial charge is 0.345 e. The summed E-state index contributed by atoms with van der Waals surface area (Å²) in [5.74, 6) is 0.919. The van der Waals surface area contributed by atoms with Crippen LogP contribution < -0.4 is 4.90 Å². The highest BCUT2D eigenvalue weighted by Crippen LogP contribution is 2.21. The second-order valence-corrected chi connectivity index (χ2v) is 3.63. The van der Waals surface area contributed by atoms with E-state index in [1.807, 2.05) is 21.1 Å². The van der Waals surface area contributed by atoms with E-state index in [2.05, 4.69) is 16.2 Å². The number of nitrogens with zero attached hydrogens (tertiary/aromatic N) is 5. The summed E-state index contributed by atoms with van der Waals surface area (Å²) in [6.45, 7) is 0. The molecule has 0 unspecified atom stereocenters. The predicted octanol–water partition coefficient (Wildman–Crippen LogP) is 1.01. The average molecular weight is 217 g/mol. The molecule has 0 bridgehead atoms. The van der Waals surface area contributed by atoms with Crippen molar-refractivity contribution in [3.63, 3.8) is 0 Å². The molecule has 0 saturated heterocycles. The number of hydrogen-bond acceptors (Lipinski definition) is 5. The first kappa shape index (κ1) is 10.2. The minimum atomic E-state index is 0.410. The molecular formula is C10H11N5O. The van der Waals surface area contributed by atoms with Gasteiger partial charge in [0.2, 0.25) is 0 Å². The fourth-order valence-corrected chi connectivity index (χ4v) is 1.34. The Morgan fingerprint density at radius 3 is 2.75 bits per heavy atom. The van der Waals surface area contributed by atoms with Gasteiger partial charge in [0.15, 0.2) is 0 Å². The van der Waals surface area contributed by atoms with E-state index in [1.165, 1.54) is 0 Å². The first-order valence-corrected chi connectivity index (χ1v) is 4.69. The Morgan fingerprint density at radius 1 is 1.50 bits per heavy atom. The summed E-state index contributed by atoms with van der Waals surface area (Å²) in [5.41, 5.74) is 1.30. The van der Waals surface area contributed by atoms with Gasteiger partial charge >= 0.3 is 0 Å². The molecule has 16 heavy (non-hydrogen) atoms. The maximum Gasteiger partial charge on any atom is 0.276 e. The number of anilines is 1. The van der Waals surface area contributed by atoms with Gasteiger partial charge in [-0.2, -0.15) is 10.2 Å². The van der Waals surface area contributed by atoms with Gasteiger partial charge in [0, 0.05) is 27.3 Å². The molecule has 2 rings (SSSR count). The van der Waals surface area contributed by atoms with Crippen LogP contribution in [0.2, 0.25) is 0 Å². The van der Waals surface area contributed by atoms with Crippen LogP contribution in [0.25, 0.3) is 11.6 Å². The smallest absolute Gasteiger partial charge is 0.276 e. The fourth-order valence-electron chi connectivity index (χ4n) is 1.34. The predicted molar refractivity (Wildman–Crippen MR) is 57.7 cm³/mol. The molecule has 2 aromatic rings. The lowest BCUT2D eigenvalue weighted by molar-refractivity contribution is 0.428. The van der Waals surface area contributed by atoms with Crippen LogP contribution in [0.15, 0.2) is 16.8 Å². The van der Waals surface area contributed by atoms with Crippen LogP contribution in [-0.2, 0) is 7.05 Å². The Kier molecular flexibility index (Phi) is 2.37. The Morgan fingerprint density at radius 2 is 2.25 bits per heavy atom. The summed E-state index contributed by atoms with van der Waals surface area (Å²) in [6, 6.07) is 3.78. The second-order valence-electron chi connectivity index (χ2n) is 3.63. The van der Waals surface area contributed by atoms with Gasteiger partial charge in [-0.15, -0.1) is 0 Å². The van der Waals surface area contributed by atoms with Crippen molar-refractivity contribution in [2.75, 3.05) is 19.0 Å². The highest BCUT2D eigenvalue weighted by Gasteiger charge is 2.13. The summed E-state index contributed by atoms with van der Waals surface area (Å²) < 4.78 is 6.90. The van der Waals surface area contributed by atoms with E-state index in [4.69, 9.17) is 9.78 Å². The van der Waals surface area contributed by atoms with E-state index in [-0.39, 0.29) is 0 Å². The minimum Gasteiger partial charge on any atom is -0.345 e. The van der Waals surface area contributed by atoms with Gasteiger partial charge in [0.25, 0.3) is 11.8 Å². The lowest BCUT2D eigenvalue weighted by Crippen LogP contribution is -2.10. The normalized spacial score (nSPS) is 10.1. The fraction of sp³-hybridized carbons (Fsp3) is 0.300. The molecule has 2 heterocycles. The van der Waals surface area contributed by atoms with Crippen LogP contribution in [0.4, 0.5) is 5.95 Å². The Balaban J connectivity index is 2.43. The first-order chi connectivity index (χ1) is 7.61. The summed E-state index contributed by atoms with van der Waals surface area (Å²) in [6.07, 6.45) is 1.72. The summed E-state index contributed by atoms with van der Waals surface area (Å²) in [5, 5.41) is 12.6. The van der Waals surface area contributed by atoms with Crippen molar-refractivity contribution in [3.8, 4) is 17.7 Å². The van der Waals surface area contributed by atoms with Crippen molar-refractivity contribution in [2.45, 2.75) is 0 Å². The molecule has 0 spiro atoms. The summed E-state index contributed by atoms with van der Waals surface area (Å²) in [7, 11) is 5.50. The molecule has 82 valence electrons. The van der Waals surface area contributed by atoms with Gasteiger partial charge < -0.3 is 14.0 Å². The standard InChI is InChI=1S/C10H11N5O/c1-14(2)10-12-9(16-13-10)8-4-7(5-11)6-15(8)3/h4,6H,1-3H3. The van der Waals surface area contributed by atoms with E-state index in [0.29, 0.717) is 17.4 Å². The third kappa shape index (κ3) is 1.63. The lowest BCUT2D eigenvalue weighted by Gasteiger charge is -2.02. The first-order valence-electron chi connectivity index (χ1n) is 4.69. The van der Waals surface area contributed by atoms with Crippen molar-refractivity contribution >= 4 is 5.95 Å². The van der Waals surface area contributed by atoms with Crippen molar-refractivity contribution < 1.29 is 4.52 Å². The van der Waals surface area contributed by atoms with E-state index < -0.39 is 0 Å². The highest BCUT2D eigenvalue weighted by atomic mass is 16.5.